The second-order valence-corrected chi connectivity index (χ2v) is 6.75. The molecule has 1 aromatic carbocycles. The fourth-order valence-corrected chi connectivity index (χ4v) is 3.86. The number of rotatable bonds is 5. The van der Waals surface area contributed by atoms with Gasteiger partial charge in [-0.05, 0) is 49.7 Å². The first-order valence-electron chi connectivity index (χ1n) is 9.13. The van der Waals surface area contributed by atoms with Crippen LogP contribution in [0, 0.1) is 0 Å². The predicted octanol–water partition coefficient (Wildman–Crippen LogP) is 3.05. The largest absolute Gasteiger partial charge is 0.497 e. The minimum Gasteiger partial charge on any atom is -0.497 e. The molecule has 0 radical (unpaired) electrons. The zero-order valence-electron chi connectivity index (χ0n) is 15.6. The Labute approximate surface area is 158 Å². The van der Waals surface area contributed by atoms with E-state index in [4.69, 9.17) is 9.47 Å². The summed E-state index contributed by atoms with van der Waals surface area (Å²) in [6.07, 6.45) is 3.88. The van der Waals surface area contributed by atoms with Gasteiger partial charge in [0.1, 0.15) is 17.1 Å². The predicted molar refractivity (Wildman–Crippen MR) is 103 cm³/mol. The number of ether oxygens (including phenoxy) is 2. The van der Waals surface area contributed by atoms with Crippen molar-refractivity contribution < 1.29 is 9.47 Å². The average molecular weight is 365 g/mol. The molecule has 2 aromatic heterocycles. The summed E-state index contributed by atoms with van der Waals surface area (Å²) in [5.74, 6) is 1.68. The molecule has 3 aromatic rings. The summed E-state index contributed by atoms with van der Waals surface area (Å²) >= 11 is 0. The molecule has 6 nitrogen and oxygen atoms in total. The van der Waals surface area contributed by atoms with Gasteiger partial charge in [-0.15, -0.1) is 0 Å². The van der Waals surface area contributed by atoms with Crippen molar-refractivity contribution in [3.63, 3.8) is 0 Å². The Hall–Kier alpha value is -2.86. The van der Waals surface area contributed by atoms with Gasteiger partial charge in [-0.2, -0.15) is 0 Å². The van der Waals surface area contributed by atoms with Gasteiger partial charge in [-0.25, -0.2) is 4.98 Å². The first kappa shape index (κ1) is 17.5. The van der Waals surface area contributed by atoms with Crippen LogP contribution < -0.4 is 15.0 Å². The quantitative estimate of drug-likeness (QED) is 0.696. The van der Waals surface area contributed by atoms with Crippen LogP contribution in [0.1, 0.15) is 30.1 Å². The molecule has 4 rings (SSSR count). The average Bonchev–Trinajstić information content (AvgIpc) is 3.15. The lowest BCUT2D eigenvalue weighted by atomic mass is 10.0. The zero-order valence-corrected chi connectivity index (χ0v) is 15.6. The van der Waals surface area contributed by atoms with Gasteiger partial charge in [0.25, 0.3) is 5.56 Å². The van der Waals surface area contributed by atoms with E-state index < -0.39 is 0 Å². The number of aromatic nitrogens is 2. The van der Waals surface area contributed by atoms with Gasteiger partial charge < -0.3 is 9.47 Å². The lowest BCUT2D eigenvalue weighted by Crippen LogP contribution is -2.25. The topological polar surface area (TPSA) is 56.1 Å². The van der Waals surface area contributed by atoms with Gasteiger partial charge in [0.15, 0.2) is 0 Å². The number of nitrogens with zero attached hydrogens (tertiary/aromatic N) is 3. The van der Waals surface area contributed by atoms with Crippen LogP contribution in [-0.4, -0.2) is 35.0 Å². The first-order chi connectivity index (χ1) is 13.2. The Kier molecular flexibility index (Phi) is 4.81. The summed E-state index contributed by atoms with van der Waals surface area (Å²) < 4.78 is 12.5. The molecule has 3 heterocycles. The van der Waals surface area contributed by atoms with Crippen LogP contribution in [0.3, 0.4) is 0 Å². The fourth-order valence-electron chi connectivity index (χ4n) is 3.86. The number of pyridine rings is 1. The summed E-state index contributed by atoms with van der Waals surface area (Å²) in [5, 5.41) is 0. The molecule has 0 N–H and O–H groups in total. The summed E-state index contributed by atoms with van der Waals surface area (Å²) in [6.45, 7) is 1.59. The highest BCUT2D eigenvalue weighted by Crippen LogP contribution is 2.39. The van der Waals surface area contributed by atoms with Crippen molar-refractivity contribution in [2.24, 2.45) is 0 Å². The number of benzene rings is 1. The van der Waals surface area contributed by atoms with E-state index in [0.717, 1.165) is 42.1 Å². The van der Waals surface area contributed by atoms with Crippen molar-refractivity contribution in [1.82, 2.24) is 14.3 Å². The Morgan fingerprint density at radius 2 is 2.04 bits per heavy atom. The minimum atomic E-state index is -0.0506. The number of likely N-dealkylation sites (tertiary alicyclic amines) is 1. The summed E-state index contributed by atoms with van der Waals surface area (Å²) in [4.78, 5) is 19.4. The maximum absolute atomic E-state index is 12.4. The lowest BCUT2D eigenvalue weighted by Gasteiger charge is -2.26. The van der Waals surface area contributed by atoms with Gasteiger partial charge in [-0.1, -0.05) is 6.07 Å². The van der Waals surface area contributed by atoms with Crippen molar-refractivity contribution in [3.8, 4) is 11.5 Å². The molecule has 1 atom stereocenters. The molecule has 0 bridgehead atoms. The molecule has 0 saturated carbocycles. The molecule has 1 aliphatic heterocycles. The summed E-state index contributed by atoms with van der Waals surface area (Å²) in [7, 11) is 3.36. The van der Waals surface area contributed by atoms with Gasteiger partial charge in [0, 0.05) is 30.4 Å². The third kappa shape index (κ3) is 3.40. The van der Waals surface area contributed by atoms with Gasteiger partial charge in [0.2, 0.25) is 0 Å². The normalized spacial score (nSPS) is 17.3. The standard InChI is InChI=1S/C21H23N3O3/c1-26-16-8-9-19(27-2)17(13-16)18-6-5-10-23(18)14-15-12-21(25)24-11-4-3-7-20(24)22-15/h3-4,7-9,11-13,18H,5-6,10,14H2,1-2H3/t18-/m0/s1. The van der Waals surface area contributed by atoms with E-state index >= 15 is 0 Å². The van der Waals surface area contributed by atoms with E-state index in [-0.39, 0.29) is 11.6 Å². The number of fused-ring (bicyclic) bond motifs is 1. The van der Waals surface area contributed by atoms with E-state index in [1.54, 1.807) is 30.9 Å². The zero-order chi connectivity index (χ0) is 18.8. The first-order valence-corrected chi connectivity index (χ1v) is 9.13. The van der Waals surface area contributed by atoms with Crippen molar-refractivity contribution in [3.05, 3.63) is 70.3 Å². The monoisotopic (exact) mass is 365 g/mol. The second kappa shape index (κ2) is 7.40. The van der Waals surface area contributed by atoms with E-state index in [1.165, 1.54) is 0 Å². The number of hydrogen-bond acceptors (Lipinski definition) is 5. The third-order valence-corrected chi connectivity index (χ3v) is 5.15. The minimum absolute atomic E-state index is 0.0506. The highest BCUT2D eigenvalue weighted by molar-refractivity contribution is 5.43. The highest BCUT2D eigenvalue weighted by Gasteiger charge is 2.29. The molecule has 0 unspecified atom stereocenters. The van der Waals surface area contributed by atoms with Crippen LogP contribution in [0.2, 0.25) is 0 Å². The second-order valence-electron chi connectivity index (χ2n) is 6.75. The fraction of sp³-hybridized carbons (Fsp3) is 0.333. The maximum atomic E-state index is 12.4. The van der Waals surface area contributed by atoms with Crippen LogP contribution >= 0.6 is 0 Å². The van der Waals surface area contributed by atoms with Crippen molar-refractivity contribution in [2.45, 2.75) is 25.4 Å². The molecule has 0 aliphatic carbocycles. The van der Waals surface area contributed by atoms with Crippen LogP contribution in [0.15, 0.2) is 53.5 Å². The van der Waals surface area contributed by atoms with E-state index in [0.29, 0.717) is 12.2 Å². The summed E-state index contributed by atoms with van der Waals surface area (Å²) in [5.41, 5.74) is 2.53. The Morgan fingerprint density at radius 3 is 2.85 bits per heavy atom. The van der Waals surface area contributed by atoms with Crippen LogP contribution in [0.5, 0.6) is 11.5 Å². The molecule has 6 heteroatoms. The molecule has 1 fully saturated rings. The van der Waals surface area contributed by atoms with Crippen molar-refractivity contribution >= 4 is 5.65 Å². The summed E-state index contributed by atoms with van der Waals surface area (Å²) in [6, 6.07) is 13.3. The van der Waals surface area contributed by atoms with Crippen LogP contribution in [0.25, 0.3) is 5.65 Å². The van der Waals surface area contributed by atoms with Gasteiger partial charge >= 0.3 is 0 Å². The number of hydrogen-bond donors (Lipinski definition) is 0. The maximum Gasteiger partial charge on any atom is 0.258 e. The Balaban J connectivity index is 1.66. The third-order valence-electron chi connectivity index (χ3n) is 5.15. The van der Waals surface area contributed by atoms with Gasteiger partial charge in [-0.3, -0.25) is 14.1 Å². The lowest BCUT2D eigenvalue weighted by molar-refractivity contribution is 0.239. The molecular weight excluding hydrogens is 342 g/mol. The molecule has 0 spiro atoms. The molecule has 0 amide bonds. The van der Waals surface area contributed by atoms with E-state index in [2.05, 4.69) is 9.88 Å². The highest BCUT2D eigenvalue weighted by atomic mass is 16.5. The molecule has 1 aliphatic rings. The Bertz CT molecular complexity index is 1010. The molecule has 27 heavy (non-hydrogen) atoms. The molecule has 140 valence electrons. The van der Waals surface area contributed by atoms with Gasteiger partial charge in [0.05, 0.1) is 19.9 Å². The van der Waals surface area contributed by atoms with E-state index in [9.17, 15) is 4.79 Å². The van der Waals surface area contributed by atoms with Crippen molar-refractivity contribution in [1.29, 1.82) is 0 Å². The van der Waals surface area contributed by atoms with E-state index in [1.807, 2.05) is 36.4 Å². The van der Waals surface area contributed by atoms with Crippen molar-refractivity contribution in [2.75, 3.05) is 20.8 Å². The number of methoxy groups -OCH3 is 2. The Morgan fingerprint density at radius 1 is 1.15 bits per heavy atom. The molecular formula is C21H23N3O3. The molecule has 1 saturated heterocycles. The smallest absolute Gasteiger partial charge is 0.258 e. The SMILES string of the molecule is COc1ccc(OC)c([C@@H]2CCCN2Cc2cc(=O)n3ccccc3n2)c1. The van der Waals surface area contributed by atoms with Crippen LogP contribution in [-0.2, 0) is 6.54 Å². The van der Waals surface area contributed by atoms with Crippen LogP contribution in [0.4, 0.5) is 0 Å².